The highest BCUT2D eigenvalue weighted by Gasteiger charge is 2.29. The number of hydrogen-bond acceptors (Lipinski definition) is 5. The standard InChI is InChI=1S/C20H17N3O3/c1-25-17-5-6-18-15(9-17)12-23(20(18)24)16-4-7-19(22-11-16)26-13-14-3-2-8-21-10-14/h2-11H,12-13H2,1H3. The molecule has 0 bridgehead atoms. The molecule has 3 aromatic rings. The summed E-state index contributed by atoms with van der Waals surface area (Å²) in [6, 6.07) is 12.9. The summed E-state index contributed by atoms with van der Waals surface area (Å²) in [5.74, 6) is 1.22. The molecule has 0 saturated carbocycles. The van der Waals surface area contributed by atoms with Crippen molar-refractivity contribution in [3.8, 4) is 11.6 Å². The van der Waals surface area contributed by atoms with Gasteiger partial charge >= 0.3 is 0 Å². The first-order valence-electron chi connectivity index (χ1n) is 8.21. The first kappa shape index (κ1) is 16.1. The zero-order valence-corrected chi connectivity index (χ0v) is 14.3. The Morgan fingerprint density at radius 1 is 1.15 bits per heavy atom. The maximum absolute atomic E-state index is 12.6. The molecule has 4 rings (SSSR count). The Balaban J connectivity index is 1.46. The second-order valence-electron chi connectivity index (χ2n) is 5.92. The molecule has 0 atom stereocenters. The minimum atomic E-state index is -0.0338. The monoisotopic (exact) mass is 347 g/mol. The van der Waals surface area contributed by atoms with Crippen LogP contribution in [0.2, 0.25) is 0 Å². The Labute approximate surface area is 151 Å². The lowest BCUT2D eigenvalue weighted by molar-refractivity contribution is 0.0996. The van der Waals surface area contributed by atoms with Gasteiger partial charge in [0.05, 0.1) is 25.5 Å². The average Bonchev–Trinajstić information content (AvgIpc) is 3.03. The minimum Gasteiger partial charge on any atom is -0.497 e. The normalized spacial score (nSPS) is 12.8. The number of benzene rings is 1. The molecule has 1 aliphatic rings. The molecule has 0 radical (unpaired) electrons. The molecular weight excluding hydrogens is 330 g/mol. The maximum atomic E-state index is 12.6. The predicted octanol–water partition coefficient (Wildman–Crippen LogP) is 3.22. The highest BCUT2D eigenvalue weighted by atomic mass is 16.5. The van der Waals surface area contributed by atoms with Crippen molar-refractivity contribution < 1.29 is 14.3 Å². The Hall–Kier alpha value is -3.41. The van der Waals surface area contributed by atoms with Gasteiger partial charge in [-0.25, -0.2) is 4.98 Å². The number of carbonyl (C=O) groups is 1. The van der Waals surface area contributed by atoms with Gasteiger partial charge in [-0.1, -0.05) is 6.07 Å². The van der Waals surface area contributed by atoms with Crippen LogP contribution in [0, 0.1) is 0 Å². The van der Waals surface area contributed by atoms with E-state index in [9.17, 15) is 4.79 Å². The van der Waals surface area contributed by atoms with Crippen molar-refractivity contribution in [2.45, 2.75) is 13.2 Å². The number of pyridine rings is 2. The van der Waals surface area contributed by atoms with Crippen molar-refractivity contribution in [1.82, 2.24) is 9.97 Å². The summed E-state index contributed by atoms with van der Waals surface area (Å²) >= 11 is 0. The van der Waals surface area contributed by atoms with Crippen molar-refractivity contribution in [2.24, 2.45) is 0 Å². The smallest absolute Gasteiger partial charge is 0.258 e. The Morgan fingerprint density at radius 3 is 2.81 bits per heavy atom. The second-order valence-corrected chi connectivity index (χ2v) is 5.92. The number of amides is 1. The fraction of sp³-hybridized carbons (Fsp3) is 0.150. The predicted molar refractivity (Wildman–Crippen MR) is 96.3 cm³/mol. The number of nitrogens with zero attached hydrogens (tertiary/aromatic N) is 3. The van der Waals surface area contributed by atoms with E-state index in [-0.39, 0.29) is 5.91 Å². The molecule has 1 aliphatic heterocycles. The van der Waals surface area contributed by atoms with Crippen molar-refractivity contribution in [1.29, 1.82) is 0 Å². The molecule has 0 unspecified atom stereocenters. The summed E-state index contributed by atoms with van der Waals surface area (Å²) in [5.41, 5.74) is 3.35. The Morgan fingerprint density at radius 2 is 2.08 bits per heavy atom. The van der Waals surface area contributed by atoms with Crippen molar-refractivity contribution in [2.75, 3.05) is 12.0 Å². The van der Waals surface area contributed by atoms with Crippen LogP contribution in [0.25, 0.3) is 0 Å². The number of fused-ring (bicyclic) bond motifs is 1. The highest BCUT2D eigenvalue weighted by molar-refractivity contribution is 6.10. The molecule has 2 aromatic heterocycles. The third-order valence-corrected chi connectivity index (χ3v) is 4.26. The van der Waals surface area contributed by atoms with Gasteiger partial charge in [0.25, 0.3) is 5.91 Å². The van der Waals surface area contributed by atoms with E-state index in [4.69, 9.17) is 9.47 Å². The van der Waals surface area contributed by atoms with E-state index in [0.717, 1.165) is 22.6 Å². The average molecular weight is 347 g/mol. The molecule has 0 saturated heterocycles. The fourth-order valence-corrected chi connectivity index (χ4v) is 2.89. The molecule has 6 heteroatoms. The second kappa shape index (κ2) is 6.84. The molecule has 0 fully saturated rings. The number of hydrogen-bond donors (Lipinski definition) is 0. The fourth-order valence-electron chi connectivity index (χ4n) is 2.89. The van der Waals surface area contributed by atoms with E-state index in [0.29, 0.717) is 24.6 Å². The summed E-state index contributed by atoms with van der Waals surface area (Å²) in [4.78, 5) is 22.7. The van der Waals surface area contributed by atoms with Crippen LogP contribution in [-0.2, 0) is 13.2 Å². The van der Waals surface area contributed by atoms with Crippen LogP contribution in [0.1, 0.15) is 21.5 Å². The van der Waals surface area contributed by atoms with Crippen LogP contribution < -0.4 is 14.4 Å². The van der Waals surface area contributed by atoms with Gasteiger partial charge in [0.2, 0.25) is 5.88 Å². The number of ether oxygens (including phenoxy) is 2. The molecule has 26 heavy (non-hydrogen) atoms. The maximum Gasteiger partial charge on any atom is 0.258 e. The number of aromatic nitrogens is 2. The van der Waals surface area contributed by atoms with E-state index < -0.39 is 0 Å². The number of anilines is 1. The molecule has 0 spiro atoms. The van der Waals surface area contributed by atoms with E-state index in [1.807, 2.05) is 24.3 Å². The lowest BCUT2D eigenvalue weighted by Crippen LogP contribution is -2.23. The van der Waals surface area contributed by atoms with E-state index >= 15 is 0 Å². The highest BCUT2D eigenvalue weighted by Crippen LogP contribution is 2.30. The summed E-state index contributed by atoms with van der Waals surface area (Å²) < 4.78 is 10.9. The van der Waals surface area contributed by atoms with Gasteiger partial charge in [0.15, 0.2) is 0 Å². The molecular formula is C20H17N3O3. The van der Waals surface area contributed by atoms with Gasteiger partial charge < -0.3 is 14.4 Å². The van der Waals surface area contributed by atoms with Crippen LogP contribution in [0.15, 0.2) is 61.1 Å². The Kier molecular flexibility index (Phi) is 4.23. The largest absolute Gasteiger partial charge is 0.497 e. The van der Waals surface area contributed by atoms with Crippen LogP contribution in [-0.4, -0.2) is 23.0 Å². The van der Waals surface area contributed by atoms with Crippen molar-refractivity contribution >= 4 is 11.6 Å². The molecule has 6 nitrogen and oxygen atoms in total. The summed E-state index contributed by atoms with van der Waals surface area (Å²) in [6.07, 6.45) is 5.12. The van der Waals surface area contributed by atoms with Crippen LogP contribution in [0.3, 0.4) is 0 Å². The first-order valence-corrected chi connectivity index (χ1v) is 8.21. The number of rotatable bonds is 5. The van der Waals surface area contributed by atoms with E-state index in [1.54, 1.807) is 48.8 Å². The quantitative estimate of drug-likeness (QED) is 0.709. The van der Waals surface area contributed by atoms with Gasteiger partial charge in [-0.2, -0.15) is 0 Å². The summed E-state index contributed by atoms with van der Waals surface area (Å²) in [7, 11) is 1.62. The third kappa shape index (κ3) is 3.09. The lowest BCUT2D eigenvalue weighted by Gasteiger charge is -2.15. The van der Waals surface area contributed by atoms with Crippen LogP contribution in [0.5, 0.6) is 11.6 Å². The van der Waals surface area contributed by atoms with E-state index in [2.05, 4.69) is 9.97 Å². The molecule has 130 valence electrons. The zero-order valence-electron chi connectivity index (χ0n) is 14.3. The first-order chi connectivity index (χ1) is 12.7. The van der Waals surface area contributed by atoms with E-state index in [1.165, 1.54) is 0 Å². The van der Waals surface area contributed by atoms with Gasteiger partial charge in [-0.3, -0.25) is 9.78 Å². The Bertz CT molecular complexity index is 927. The van der Waals surface area contributed by atoms with Crippen LogP contribution >= 0.6 is 0 Å². The van der Waals surface area contributed by atoms with Crippen molar-refractivity contribution in [3.05, 3.63) is 77.7 Å². The van der Waals surface area contributed by atoms with Crippen molar-refractivity contribution in [3.63, 3.8) is 0 Å². The summed E-state index contributed by atoms with van der Waals surface area (Å²) in [5, 5.41) is 0. The SMILES string of the molecule is COc1ccc2c(c1)CN(c1ccc(OCc3cccnc3)nc1)C2=O. The third-order valence-electron chi connectivity index (χ3n) is 4.26. The molecule has 0 N–H and O–H groups in total. The van der Waals surface area contributed by atoms with Gasteiger partial charge in [-0.05, 0) is 35.9 Å². The lowest BCUT2D eigenvalue weighted by atomic mass is 10.1. The minimum absolute atomic E-state index is 0.0338. The topological polar surface area (TPSA) is 64.6 Å². The zero-order chi connectivity index (χ0) is 17.9. The van der Waals surface area contributed by atoms with Crippen LogP contribution in [0.4, 0.5) is 5.69 Å². The van der Waals surface area contributed by atoms with Gasteiger partial charge in [0.1, 0.15) is 12.4 Å². The van der Waals surface area contributed by atoms with Gasteiger partial charge in [0, 0.05) is 29.6 Å². The molecule has 0 aliphatic carbocycles. The van der Waals surface area contributed by atoms with Gasteiger partial charge in [-0.15, -0.1) is 0 Å². The molecule has 3 heterocycles. The number of methoxy groups -OCH3 is 1. The molecule has 1 aromatic carbocycles. The molecule has 1 amide bonds. The summed E-state index contributed by atoms with van der Waals surface area (Å²) in [6.45, 7) is 0.900. The number of carbonyl (C=O) groups excluding carboxylic acids is 1.